The van der Waals surface area contributed by atoms with Crippen LogP contribution in [0.4, 0.5) is 4.39 Å². The van der Waals surface area contributed by atoms with Gasteiger partial charge in [0.2, 0.25) is 0 Å². The number of nitrogens with zero attached hydrogens (tertiary/aromatic N) is 1. The first-order valence-electron chi connectivity index (χ1n) is 10.1. The summed E-state index contributed by atoms with van der Waals surface area (Å²) >= 11 is 0. The van der Waals surface area contributed by atoms with E-state index < -0.39 is 0 Å². The van der Waals surface area contributed by atoms with Crippen molar-refractivity contribution in [3.05, 3.63) is 83.2 Å². The Bertz CT molecular complexity index is 1150. The summed E-state index contributed by atoms with van der Waals surface area (Å²) in [5, 5.41) is 9.71. The molecule has 0 unspecified atom stereocenters. The zero-order valence-electron chi connectivity index (χ0n) is 18.2. The Kier molecular flexibility index (Phi) is 7.71. The molecule has 0 N–H and O–H groups in total. The summed E-state index contributed by atoms with van der Waals surface area (Å²) in [7, 11) is 3.11. The monoisotopic (exact) mass is 433 g/mol. The number of hydrogen-bond donors (Lipinski definition) is 0. The van der Waals surface area contributed by atoms with Crippen LogP contribution in [0.3, 0.4) is 0 Å². The molecule has 6 heteroatoms. The number of benzene rings is 3. The van der Waals surface area contributed by atoms with E-state index in [0.29, 0.717) is 46.3 Å². The highest BCUT2D eigenvalue weighted by Crippen LogP contribution is 2.33. The van der Waals surface area contributed by atoms with Gasteiger partial charge in [-0.2, -0.15) is 5.26 Å². The number of rotatable bonds is 9. The van der Waals surface area contributed by atoms with Crippen LogP contribution >= 0.6 is 0 Å². The van der Waals surface area contributed by atoms with Crippen LogP contribution in [0.25, 0.3) is 11.6 Å². The van der Waals surface area contributed by atoms with Crippen molar-refractivity contribution in [1.29, 1.82) is 5.26 Å². The highest BCUT2D eigenvalue weighted by molar-refractivity contribution is 5.90. The summed E-state index contributed by atoms with van der Waals surface area (Å²) in [6, 6.07) is 19.4. The molecule has 164 valence electrons. The Morgan fingerprint density at radius 1 is 0.906 bits per heavy atom. The fraction of sp³-hybridized carbons (Fsp3) is 0.192. The predicted molar refractivity (Wildman–Crippen MR) is 121 cm³/mol. The van der Waals surface area contributed by atoms with E-state index in [1.807, 2.05) is 13.0 Å². The van der Waals surface area contributed by atoms with E-state index in [0.717, 1.165) is 5.56 Å². The minimum absolute atomic E-state index is 0.0804. The molecule has 0 saturated carbocycles. The maximum absolute atomic E-state index is 13.9. The van der Waals surface area contributed by atoms with Crippen molar-refractivity contribution < 1.29 is 23.3 Å². The second-order valence-corrected chi connectivity index (χ2v) is 6.76. The zero-order valence-corrected chi connectivity index (χ0v) is 18.2. The maximum atomic E-state index is 13.9. The number of methoxy groups -OCH3 is 2. The van der Waals surface area contributed by atoms with E-state index >= 15 is 0 Å². The standard InChI is InChI=1S/C26H24FNO4/c1-4-31-26-14-18(9-11-24(26)32-17-20-7-5-6-8-22(20)27)13-21(16-28)19-10-12-23(29-2)25(15-19)30-3/h5-15H,4,17H2,1-3H3/b21-13+. The summed E-state index contributed by atoms with van der Waals surface area (Å²) < 4.78 is 36.0. The molecule has 0 saturated heterocycles. The van der Waals surface area contributed by atoms with Crippen LogP contribution in [-0.4, -0.2) is 20.8 Å². The molecular formula is C26H24FNO4. The van der Waals surface area contributed by atoms with Crippen molar-refractivity contribution in [2.24, 2.45) is 0 Å². The molecule has 32 heavy (non-hydrogen) atoms. The van der Waals surface area contributed by atoms with Gasteiger partial charge in [-0.25, -0.2) is 4.39 Å². The lowest BCUT2D eigenvalue weighted by Gasteiger charge is -2.13. The Hall–Kier alpha value is -3.98. The van der Waals surface area contributed by atoms with Gasteiger partial charge in [0, 0.05) is 5.56 Å². The smallest absolute Gasteiger partial charge is 0.161 e. The summed E-state index contributed by atoms with van der Waals surface area (Å²) in [6.07, 6.45) is 1.75. The largest absolute Gasteiger partial charge is 0.493 e. The van der Waals surface area contributed by atoms with E-state index in [9.17, 15) is 9.65 Å². The second-order valence-electron chi connectivity index (χ2n) is 6.76. The summed E-state index contributed by atoms with van der Waals surface area (Å²) in [6.45, 7) is 2.38. The molecule has 0 fully saturated rings. The van der Waals surface area contributed by atoms with Gasteiger partial charge in [-0.1, -0.05) is 24.3 Å². The second kappa shape index (κ2) is 10.9. The van der Waals surface area contributed by atoms with Gasteiger partial charge in [0.25, 0.3) is 0 Å². The average Bonchev–Trinajstić information content (AvgIpc) is 2.82. The topological polar surface area (TPSA) is 60.7 Å². The molecule has 3 aromatic carbocycles. The summed E-state index contributed by atoms with van der Waals surface area (Å²) in [4.78, 5) is 0. The van der Waals surface area contributed by atoms with Gasteiger partial charge in [0.1, 0.15) is 12.4 Å². The Morgan fingerprint density at radius 3 is 2.34 bits per heavy atom. The highest BCUT2D eigenvalue weighted by Gasteiger charge is 2.11. The molecule has 3 rings (SSSR count). The SMILES string of the molecule is CCOc1cc(/C=C(\C#N)c2ccc(OC)c(OC)c2)ccc1OCc1ccccc1F. The van der Waals surface area contributed by atoms with Crippen LogP contribution < -0.4 is 18.9 Å². The van der Waals surface area contributed by atoms with E-state index in [-0.39, 0.29) is 12.4 Å². The van der Waals surface area contributed by atoms with Crippen molar-refractivity contribution in [3.63, 3.8) is 0 Å². The fourth-order valence-electron chi connectivity index (χ4n) is 3.12. The number of allylic oxidation sites excluding steroid dienone is 1. The van der Waals surface area contributed by atoms with Gasteiger partial charge >= 0.3 is 0 Å². The molecule has 0 aliphatic rings. The average molecular weight is 433 g/mol. The van der Waals surface area contributed by atoms with E-state index in [4.69, 9.17) is 18.9 Å². The zero-order chi connectivity index (χ0) is 22.9. The Balaban J connectivity index is 1.89. The first-order chi connectivity index (χ1) is 15.6. The van der Waals surface area contributed by atoms with Crippen molar-refractivity contribution in [2.45, 2.75) is 13.5 Å². The minimum Gasteiger partial charge on any atom is -0.493 e. The normalized spacial score (nSPS) is 10.9. The van der Waals surface area contributed by atoms with Crippen LogP contribution in [0.5, 0.6) is 23.0 Å². The number of nitriles is 1. The highest BCUT2D eigenvalue weighted by atomic mass is 19.1. The minimum atomic E-state index is -0.321. The molecule has 0 spiro atoms. The fourth-order valence-corrected chi connectivity index (χ4v) is 3.12. The van der Waals surface area contributed by atoms with Gasteiger partial charge in [-0.15, -0.1) is 0 Å². The van der Waals surface area contributed by atoms with Crippen molar-refractivity contribution in [3.8, 4) is 29.1 Å². The van der Waals surface area contributed by atoms with E-state index in [2.05, 4.69) is 6.07 Å². The third-order valence-electron chi connectivity index (χ3n) is 4.73. The van der Waals surface area contributed by atoms with Crippen LogP contribution in [0.2, 0.25) is 0 Å². The van der Waals surface area contributed by atoms with Gasteiger partial charge < -0.3 is 18.9 Å². The molecule has 0 radical (unpaired) electrons. The molecule has 3 aromatic rings. The third kappa shape index (κ3) is 5.38. The lowest BCUT2D eigenvalue weighted by molar-refractivity contribution is 0.266. The van der Waals surface area contributed by atoms with Gasteiger partial charge in [0.05, 0.1) is 32.5 Å². The first-order valence-corrected chi connectivity index (χ1v) is 10.1. The Morgan fingerprint density at radius 2 is 1.66 bits per heavy atom. The third-order valence-corrected chi connectivity index (χ3v) is 4.73. The molecule has 0 heterocycles. The Labute approximate surface area is 187 Å². The van der Waals surface area contributed by atoms with E-state index in [1.54, 1.807) is 68.8 Å². The molecule has 5 nitrogen and oxygen atoms in total. The van der Waals surface area contributed by atoms with Crippen molar-refractivity contribution in [2.75, 3.05) is 20.8 Å². The number of ether oxygens (including phenoxy) is 4. The van der Waals surface area contributed by atoms with Crippen LogP contribution in [0.1, 0.15) is 23.6 Å². The molecule has 0 atom stereocenters. The van der Waals surface area contributed by atoms with Gasteiger partial charge in [-0.05, 0) is 60.5 Å². The molecule has 0 aromatic heterocycles. The summed E-state index contributed by atoms with van der Waals surface area (Å²) in [5.74, 6) is 1.82. The summed E-state index contributed by atoms with van der Waals surface area (Å²) in [5.41, 5.74) is 2.37. The van der Waals surface area contributed by atoms with Crippen molar-refractivity contribution in [1.82, 2.24) is 0 Å². The van der Waals surface area contributed by atoms with E-state index in [1.165, 1.54) is 6.07 Å². The van der Waals surface area contributed by atoms with Gasteiger partial charge in [-0.3, -0.25) is 0 Å². The number of hydrogen-bond acceptors (Lipinski definition) is 5. The molecule has 0 bridgehead atoms. The van der Waals surface area contributed by atoms with Gasteiger partial charge in [0.15, 0.2) is 23.0 Å². The quantitative estimate of drug-likeness (QED) is 0.311. The molecular weight excluding hydrogens is 409 g/mol. The molecule has 0 amide bonds. The van der Waals surface area contributed by atoms with Crippen LogP contribution in [0, 0.1) is 17.1 Å². The number of halogens is 1. The lowest BCUT2D eigenvalue weighted by Crippen LogP contribution is -2.01. The van der Waals surface area contributed by atoms with Crippen LogP contribution in [-0.2, 0) is 6.61 Å². The molecule has 0 aliphatic carbocycles. The first kappa shape index (κ1) is 22.7. The maximum Gasteiger partial charge on any atom is 0.161 e. The van der Waals surface area contributed by atoms with Crippen molar-refractivity contribution >= 4 is 11.6 Å². The molecule has 0 aliphatic heterocycles. The lowest BCUT2D eigenvalue weighted by atomic mass is 10.0. The predicted octanol–water partition coefficient (Wildman–Crippen LogP) is 5.88. The van der Waals surface area contributed by atoms with Crippen LogP contribution in [0.15, 0.2) is 60.7 Å².